The number of aryl methyl sites for hydroxylation is 1. The molecule has 22 heavy (non-hydrogen) atoms. The van der Waals surface area contributed by atoms with Crippen molar-refractivity contribution in [3.05, 3.63) is 35.9 Å². The van der Waals surface area contributed by atoms with Gasteiger partial charge in [0.05, 0.1) is 11.9 Å². The minimum Gasteiger partial charge on any atom is -0.298 e. The van der Waals surface area contributed by atoms with Gasteiger partial charge in [0.2, 0.25) is 0 Å². The summed E-state index contributed by atoms with van der Waals surface area (Å²) >= 11 is 1.87. The van der Waals surface area contributed by atoms with Crippen LogP contribution >= 0.6 is 11.8 Å². The van der Waals surface area contributed by atoms with Gasteiger partial charge in [0.25, 0.3) is 0 Å². The highest BCUT2D eigenvalue weighted by Crippen LogP contribution is 2.25. The number of hydrogen-bond donors (Lipinski definition) is 0. The highest BCUT2D eigenvalue weighted by molar-refractivity contribution is 7.99. The average Bonchev–Trinajstić information content (AvgIpc) is 2.52. The molecule has 0 aliphatic carbocycles. The average molecular weight is 320 g/mol. The van der Waals surface area contributed by atoms with E-state index in [2.05, 4.69) is 41.5 Å². The van der Waals surface area contributed by atoms with Crippen LogP contribution < -0.4 is 0 Å². The van der Waals surface area contributed by atoms with Gasteiger partial charge in [0.1, 0.15) is 5.78 Å². The molecule has 122 valence electrons. The molecular formula is C19H29NOS. The van der Waals surface area contributed by atoms with Crippen LogP contribution in [0.3, 0.4) is 0 Å². The zero-order valence-corrected chi connectivity index (χ0v) is 14.6. The van der Waals surface area contributed by atoms with Gasteiger partial charge in [0.15, 0.2) is 0 Å². The molecule has 0 amide bonds. The second kappa shape index (κ2) is 10.1. The molecule has 1 unspecified atom stereocenters. The molecule has 1 aromatic carbocycles. The first-order chi connectivity index (χ1) is 10.8. The molecule has 1 fully saturated rings. The molecule has 1 atom stereocenters. The highest BCUT2D eigenvalue weighted by atomic mass is 32.2. The quantitative estimate of drug-likeness (QED) is 0.559. The molecule has 1 saturated heterocycles. The third kappa shape index (κ3) is 6.13. The van der Waals surface area contributed by atoms with Crippen molar-refractivity contribution in [2.24, 2.45) is 0 Å². The summed E-state index contributed by atoms with van der Waals surface area (Å²) in [6, 6.07) is 10.7. The normalized spacial score (nSPS) is 18.1. The van der Waals surface area contributed by atoms with Gasteiger partial charge < -0.3 is 0 Å². The Balaban J connectivity index is 1.43. The van der Waals surface area contributed by atoms with E-state index < -0.39 is 0 Å². The second-order valence-electron chi connectivity index (χ2n) is 6.24. The van der Waals surface area contributed by atoms with Gasteiger partial charge in [-0.1, -0.05) is 49.6 Å². The molecule has 0 saturated carbocycles. The molecule has 0 bridgehead atoms. The smallest absolute Gasteiger partial charge is 0.146 e. The number of Topliss-reactive ketones (excluding diaryl/α,β-unsaturated/α-hetero) is 1. The Bertz CT molecular complexity index is 432. The van der Waals surface area contributed by atoms with E-state index >= 15 is 0 Å². The zero-order chi connectivity index (χ0) is 15.6. The molecule has 3 heteroatoms. The maximum atomic E-state index is 11.9. The molecule has 1 heterocycles. The van der Waals surface area contributed by atoms with Crippen molar-refractivity contribution in [3.63, 3.8) is 0 Å². The Morgan fingerprint density at radius 2 is 1.86 bits per heavy atom. The summed E-state index contributed by atoms with van der Waals surface area (Å²) in [6.45, 7) is 1.79. The van der Waals surface area contributed by atoms with Gasteiger partial charge >= 0.3 is 0 Å². The van der Waals surface area contributed by atoms with E-state index in [0.29, 0.717) is 17.7 Å². The molecule has 2 rings (SSSR count). The first kappa shape index (κ1) is 17.6. The summed E-state index contributed by atoms with van der Waals surface area (Å²) < 4.78 is 0. The number of rotatable bonds is 11. The van der Waals surface area contributed by atoms with Crippen LogP contribution in [-0.4, -0.2) is 35.4 Å². The van der Waals surface area contributed by atoms with Crippen molar-refractivity contribution in [1.82, 2.24) is 4.90 Å². The number of likely N-dealkylation sites (tertiary alicyclic amines) is 1. The molecule has 1 aliphatic rings. The number of thioether (sulfide) groups is 1. The minimum atomic E-state index is 0.433. The van der Waals surface area contributed by atoms with Gasteiger partial charge in [0, 0.05) is 13.0 Å². The van der Waals surface area contributed by atoms with E-state index in [4.69, 9.17) is 0 Å². The van der Waals surface area contributed by atoms with Crippen LogP contribution in [0.15, 0.2) is 30.3 Å². The van der Waals surface area contributed by atoms with E-state index in [1.165, 1.54) is 44.1 Å². The summed E-state index contributed by atoms with van der Waals surface area (Å²) in [7, 11) is 0. The van der Waals surface area contributed by atoms with Gasteiger partial charge in [-0.3, -0.25) is 9.69 Å². The fourth-order valence-corrected chi connectivity index (χ4v) is 3.82. The Morgan fingerprint density at radius 3 is 2.55 bits per heavy atom. The van der Waals surface area contributed by atoms with Crippen molar-refractivity contribution in [2.75, 3.05) is 19.3 Å². The Labute approximate surface area is 139 Å². The summed E-state index contributed by atoms with van der Waals surface area (Å²) in [5.74, 6) is 0.433. The fraction of sp³-hybridized carbons (Fsp3) is 0.632. The lowest BCUT2D eigenvalue weighted by atomic mass is 10.0. The molecule has 1 aliphatic heterocycles. The van der Waals surface area contributed by atoms with Crippen LogP contribution in [0.2, 0.25) is 0 Å². The Hall–Kier alpha value is -0.800. The standard InChI is InChI=1S/C19H29NOS/c1-22-19-14-15-20(19)16-18(21)13-9-4-2-3-6-10-17-11-7-5-8-12-17/h5,7-8,11-12,19H,2-4,6,9-10,13-16H2,1H3. The van der Waals surface area contributed by atoms with E-state index in [1.54, 1.807) is 0 Å². The van der Waals surface area contributed by atoms with Crippen LogP contribution in [0.4, 0.5) is 0 Å². The largest absolute Gasteiger partial charge is 0.298 e. The van der Waals surface area contributed by atoms with Gasteiger partial charge in [-0.2, -0.15) is 0 Å². The van der Waals surface area contributed by atoms with Gasteiger partial charge in [-0.05, 0) is 37.5 Å². The molecule has 0 aromatic heterocycles. The van der Waals surface area contributed by atoms with Gasteiger partial charge in [-0.25, -0.2) is 0 Å². The first-order valence-corrected chi connectivity index (χ1v) is 9.91. The second-order valence-corrected chi connectivity index (χ2v) is 7.26. The molecule has 0 spiro atoms. The zero-order valence-electron chi connectivity index (χ0n) is 13.8. The number of nitrogens with zero attached hydrogens (tertiary/aromatic N) is 1. The summed E-state index contributed by atoms with van der Waals surface area (Å²) in [5, 5.41) is 0.599. The molecule has 0 radical (unpaired) electrons. The van der Waals surface area contributed by atoms with Crippen LogP contribution in [0.1, 0.15) is 50.5 Å². The van der Waals surface area contributed by atoms with Crippen LogP contribution in [0.25, 0.3) is 0 Å². The number of carbonyl (C=O) groups is 1. The predicted octanol–water partition coefficient (Wildman–Crippen LogP) is 4.53. The lowest BCUT2D eigenvalue weighted by Gasteiger charge is -2.39. The first-order valence-electron chi connectivity index (χ1n) is 8.62. The number of hydrogen-bond acceptors (Lipinski definition) is 3. The van der Waals surface area contributed by atoms with E-state index in [-0.39, 0.29) is 0 Å². The topological polar surface area (TPSA) is 20.3 Å². The number of carbonyl (C=O) groups excluding carboxylic acids is 1. The maximum absolute atomic E-state index is 11.9. The summed E-state index contributed by atoms with van der Waals surface area (Å²) in [5.41, 5.74) is 1.44. The predicted molar refractivity (Wildman–Crippen MR) is 96.3 cm³/mol. The minimum absolute atomic E-state index is 0.433. The van der Waals surface area contributed by atoms with E-state index in [1.807, 2.05) is 11.8 Å². The van der Waals surface area contributed by atoms with Crippen molar-refractivity contribution in [3.8, 4) is 0 Å². The molecule has 1 aromatic rings. The van der Waals surface area contributed by atoms with E-state index in [0.717, 1.165) is 19.4 Å². The van der Waals surface area contributed by atoms with Gasteiger partial charge in [-0.15, -0.1) is 11.8 Å². The van der Waals surface area contributed by atoms with Crippen molar-refractivity contribution in [1.29, 1.82) is 0 Å². The fourth-order valence-electron chi connectivity index (χ4n) is 3.00. The maximum Gasteiger partial charge on any atom is 0.146 e. The highest BCUT2D eigenvalue weighted by Gasteiger charge is 2.27. The lowest BCUT2D eigenvalue weighted by Crippen LogP contribution is -2.47. The van der Waals surface area contributed by atoms with E-state index in [9.17, 15) is 4.79 Å². The van der Waals surface area contributed by atoms with Crippen LogP contribution in [0, 0.1) is 0 Å². The molecule has 0 N–H and O–H groups in total. The number of benzene rings is 1. The summed E-state index contributed by atoms with van der Waals surface area (Å²) in [6.07, 6.45) is 11.4. The Kier molecular flexibility index (Phi) is 8.03. The monoisotopic (exact) mass is 319 g/mol. The third-order valence-electron chi connectivity index (χ3n) is 4.49. The lowest BCUT2D eigenvalue weighted by molar-refractivity contribution is -0.121. The Morgan fingerprint density at radius 1 is 1.14 bits per heavy atom. The van der Waals surface area contributed by atoms with Crippen molar-refractivity contribution < 1.29 is 4.79 Å². The van der Waals surface area contributed by atoms with Crippen LogP contribution in [-0.2, 0) is 11.2 Å². The molecular weight excluding hydrogens is 290 g/mol. The summed E-state index contributed by atoms with van der Waals surface area (Å²) in [4.78, 5) is 14.2. The van der Waals surface area contributed by atoms with Crippen molar-refractivity contribution >= 4 is 17.5 Å². The third-order valence-corrected chi connectivity index (χ3v) is 5.56. The molecule has 2 nitrogen and oxygen atoms in total. The number of unbranched alkanes of at least 4 members (excludes halogenated alkanes) is 4. The van der Waals surface area contributed by atoms with Crippen LogP contribution in [0.5, 0.6) is 0 Å². The number of ketones is 1. The SMILES string of the molecule is CSC1CCN1CC(=O)CCCCCCCc1ccccc1. The van der Waals surface area contributed by atoms with Crippen molar-refractivity contribution in [2.45, 2.75) is 56.7 Å².